The van der Waals surface area contributed by atoms with Gasteiger partial charge in [-0.1, -0.05) is 35.3 Å². The lowest BCUT2D eigenvalue weighted by Crippen LogP contribution is -1.96. The number of aromatic amines is 1. The Hall–Kier alpha value is -1.03. The molecule has 15 heavy (non-hydrogen) atoms. The van der Waals surface area contributed by atoms with Gasteiger partial charge < -0.3 is 10.7 Å². The van der Waals surface area contributed by atoms with Crippen LogP contribution in [0.15, 0.2) is 24.3 Å². The molecular formula is C10H9Cl2N3. The van der Waals surface area contributed by atoms with Gasteiger partial charge in [0.15, 0.2) is 5.15 Å². The van der Waals surface area contributed by atoms with Crippen LogP contribution in [0.25, 0.3) is 11.4 Å². The molecule has 0 fully saturated rings. The van der Waals surface area contributed by atoms with E-state index in [9.17, 15) is 0 Å². The third kappa shape index (κ3) is 2.15. The summed E-state index contributed by atoms with van der Waals surface area (Å²) < 4.78 is 0. The standard InChI is InChI=1S/C10H9Cl2N3/c11-7-3-1-2-6(4-7)10-14-8(5-13)9(12)15-10/h1-4H,5,13H2,(H,14,15). The lowest BCUT2D eigenvalue weighted by molar-refractivity contribution is 1.01. The smallest absolute Gasteiger partial charge is 0.152 e. The van der Waals surface area contributed by atoms with Crippen LogP contribution in [-0.2, 0) is 6.54 Å². The number of hydrogen-bond acceptors (Lipinski definition) is 2. The van der Waals surface area contributed by atoms with Crippen molar-refractivity contribution >= 4 is 23.2 Å². The van der Waals surface area contributed by atoms with Crippen molar-refractivity contribution in [3.05, 3.63) is 40.1 Å². The van der Waals surface area contributed by atoms with Gasteiger partial charge in [0.05, 0.1) is 5.69 Å². The van der Waals surface area contributed by atoms with Crippen molar-refractivity contribution in [1.82, 2.24) is 9.97 Å². The van der Waals surface area contributed by atoms with Gasteiger partial charge >= 0.3 is 0 Å². The molecule has 0 unspecified atom stereocenters. The number of halogens is 2. The van der Waals surface area contributed by atoms with Gasteiger partial charge in [0.2, 0.25) is 0 Å². The zero-order chi connectivity index (χ0) is 10.8. The van der Waals surface area contributed by atoms with Crippen LogP contribution in [0, 0.1) is 0 Å². The van der Waals surface area contributed by atoms with E-state index in [1.807, 2.05) is 18.2 Å². The topological polar surface area (TPSA) is 54.7 Å². The van der Waals surface area contributed by atoms with Crippen LogP contribution in [-0.4, -0.2) is 9.97 Å². The number of nitrogens with one attached hydrogen (secondary N) is 1. The first-order valence-corrected chi connectivity index (χ1v) is 5.16. The highest BCUT2D eigenvalue weighted by atomic mass is 35.5. The van der Waals surface area contributed by atoms with Crippen LogP contribution >= 0.6 is 23.2 Å². The molecule has 5 heteroatoms. The predicted octanol–water partition coefficient (Wildman–Crippen LogP) is 2.84. The average Bonchev–Trinajstić information content (AvgIpc) is 2.60. The number of rotatable bonds is 2. The van der Waals surface area contributed by atoms with Crippen LogP contribution in [0.3, 0.4) is 0 Å². The molecule has 0 radical (unpaired) electrons. The van der Waals surface area contributed by atoms with Gasteiger partial charge in [-0.2, -0.15) is 0 Å². The van der Waals surface area contributed by atoms with Crippen molar-refractivity contribution in [3.63, 3.8) is 0 Å². The Kier molecular flexibility index (Phi) is 2.95. The Labute approximate surface area is 97.2 Å². The minimum absolute atomic E-state index is 0.340. The molecule has 0 aliphatic rings. The van der Waals surface area contributed by atoms with Crippen molar-refractivity contribution in [3.8, 4) is 11.4 Å². The maximum Gasteiger partial charge on any atom is 0.152 e. The van der Waals surface area contributed by atoms with E-state index in [0.717, 1.165) is 11.3 Å². The SMILES string of the molecule is NCc1[nH]c(-c2cccc(Cl)c2)nc1Cl. The fourth-order valence-electron chi connectivity index (χ4n) is 1.30. The Morgan fingerprint density at radius 2 is 2.13 bits per heavy atom. The molecule has 1 heterocycles. The number of H-pyrrole nitrogens is 1. The Morgan fingerprint density at radius 3 is 2.73 bits per heavy atom. The zero-order valence-corrected chi connectivity index (χ0v) is 9.31. The maximum atomic E-state index is 5.88. The number of benzene rings is 1. The van der Waals surface area contributed by atoms with Crippen molar-refractivity contribution in [2.45, 2.75) is 6.54 Å². The minimum Gasteiger partial charge on any atom is -0.339 e. The van der Waals surface area contributed by atoms with Gasteiger partial charge in [0.1, 0.15) is 5.82 Å². The van der Waals surface area contributed by atoms with E-state index in [2.05, 4.69) is 9.97 Å². The van der Waals surface area contributed by atoms with Crippen molar-refractivity contribution in [1.29, 1.82) is 0 Å². The molecule has 2 rings (SSSR count). The first kappa shape index (κ1) is 10.5. The monoisotopic (exact) mass is 241 g/mol. The zero-order valence-electron chi connectivity index (χ0n) is 7.80. The molecule has 78 valence electrons. The molecule has 3 N–H and O–H groups in total. The molecule has 3 nitrogen and oxygen atoms in total. The molecule has 0 atom stereocenters. The summed E-state index contributed by atoms with van der Waals surface area (Å²) >= 11 is 11.8. The first-order chi connectivity index (χ1) is 7.20. The van der Waals surface area contributed by atoms with Crippen molar-refractivity contribution in [2.24, 2.45) is 5.73 Å². The number of aromatic nitrogens is 2. The van der Waals surface area contributed by atoms with E-state index in [-0.39, 0.29) is 0 Å². The lowest BCUT2D eigenvalue weighted by Gasteiger charge is -1.96. The summed E-state index contributed by atoms with van der Waals surface area (Å²) in [5.41, 5.74) is 7.11. The van der Waals surface area contributed by atoms with E-state index >= 15 is 0 Å². The van der Waals surface area contributed by atoms with Gasteiger partial charge in [0, 0.05) is 17.1 Å². The van der Waals surface area contributed by atoms with Crippen LogP contribution < -0.4 is 5.73 Å². The van der Waals surface area contributed by atoms with Crippen LogP contribution in [0.1, 0.15) is 5.69 Å². The molecule has 0 spiro atoms. The predicted molar refractivity (Wildman–Crippen MR) is 61.9 cm³/mol. The normalized spacial score (nSPS) is 10.6. The molecule has 0 saturated carbocycles. The van der Waals surface area contributed by atoms with E-state index in [1.165, 1.54) is 0 Å². The molecule has 1 aromatic carbocycles. The number of nitrogens with zero attached hydrogens (tertiary/aromatic N) is 1. The Balaban J connectivity index is 2.45. The van der Waals surface area contributed by atoms with Crippen LogP contribution in [0.2, 0.25) is 10.2 Å². The summed E-state index contributed by atoms with van der Waals surface area (Å²) in [7, 11) is 0. The molecule has 1 aromatic heterocycles. The molecule has 0 amide bonds. The fraction of sp³-hybridized carbons (Fsp3) is 0.100. The Morgan fingerprint density at radius 1 is 1.33 bits per heavy atom. The summed E-state index contributed by atoms with van der Waals surface area (Å²) in [4.78, 5) is 7.21. The summed E-state index contributed by atoms with van der Waals surface area (Å²) in [6, 6.07) is 7.38. The number of imidazole rings is 1. The van der Waals surface area contributed by atoms with E-state index in [0.29, 0.717) is 22.5 Å². The van der Waals surface area contributed by atoms with Crippen LogP contribution in [0.4, 0.5) is 0 Å². The summed E-state index contributed by atoms with van der Waals surface area (Å²) in [5.74, 6) is 0.683. The highest BCUT2D eigenvalue weighted by Gasteiger charge is 2.08. The summed E-state index contributed by atoms with van der Waals surface area (Å²) in [5, 5.41) is 1.07. The number of hydrogen-bond donors (Lipinski definition) is 2. The highest BCUT2D eigenvalue weighted by molar-refractivity contribution is 6.31. The molecule has 0 saturated heterocycles. The second kappa shape index (κ2) is 4.23. The second-order valence-electron chi connectivity index (χ2n) is 3.07. The van der Waals surface area contributed by atoms with Gasteiger partial charge in [0.25, 0.3) is 0 Å². The summed E-state index contributed by atoms with van der Waals surface area (Å²) in [6.45, 7) is 0.340. The molecule has 0 aliphatic carbocycles. The third-order valence-electron chi connectivity index (χ3n) is 2.03. The third-order valence-corrected chi connectivity index (χ3v) is 2.58. The lowest BCUT2D eigenvalue weighted by atomic mass is 10.2. The van der Waals surface area contributed by atoms with Gasteiger partial charge in [-0.25, -0.2) is 4.98 Å². The Bertz CT molecular complexity index is 479. The first-order valence-electron chi connectivity index (χ1n) is 4.41. The molecule has 2 aromatic rings. The maximum absolute atomic E-state index is 5.88. The highest BCUT2D eigenvalue weighted by Crippen LogP contribution is 2.23. The minimum atomic E-state index is 0.340. The largest absolute Gasteiger partial charge is 0.339 e. The van der Waals surface area contributed by atoms with Crippen molar-refractivity contribution < 1.29 is 0 Å². The van der Waals surface area contributed by atoms with Crippen molar-refractivity contribution in [2.75, 3.05) is 0 Å². The van der Waals surface area contributed by atoms with Crippen LogP contribution in [0.5, 0.6) is 0 Å². The van der Waals surface area contributed by atoms with Gasteiger partial charge in [-0.3, -0.25) is 0 Å². The molecular weight excluding hydrogens is 233 g/mol. The quantitative estimate of drug-likeness (QED) is 0.850. The fourth-order valence-corrected chi connectivity index (χ4v) is 1.70. The number of nitrogens with two attached hydrogens (primary N) is 1. The van der Waals surface area contributed by atoms with Gasteiger partial charge in [-0.05, 0) is 12.1 Å². The summed E-state index contributed by atoms with van der Waals surface area (Å²) in [6.07, 6.45) is 0. The molecule has 0 bridgehead atoms. The van der Waals surface area contributed by atoms with Gasteiger partial charge in [-0.15, -0.1) is 0 Å². The van der Waals surface area contributed by atoms with E-state index in [1.54, 1.807) is 6.07 Å². The van der Waals surface area contributed by atoms with E-state index in [4.69, 9.17) is 28.9 Å². The molecule has 0 aliphatic heterocycles. The van der Waals surface area contributed by atoms with E-state index < -0.39 is 0 Å². The average molecular weight is 242 g/mol. The second-order valence-corrected chi connectivity index (χ2v) is 3.86.